The molecule has 1 aromatic carbocycles. The van der Waals surface area contributed by atoms with Crippen LogP contribution in [0.3, 0.4) is 0 Å². The van der Waals surface area contributed by atoms with Crippen LogP contribution in [-0.4, -0.2) is 29.3 Å². The lowest BCUT2D eigenvalue weighted by molar-refractivity contribution is 0.0649. The molecule has 1 aromatic rings. The van der Waals surface area contributed by atoms with Crippen LogP contribution in [0.1, 0.15) is 48.0 Å². The van der Waals surface area contributed by atoms with Crippen LogP contribution in [0, 0.1) is 11.3 Å². The Kier molecular flexibility index (Phi) is 5.43. The molecule has 1 aliphatic carbocycles. The third-order valence-corrected chi connectivity index (χ3v) is 4.03. The van der Waals surface area contributed by atoms with Crippen molar-refractivity contribution in [2.75, 3.05) is 12.4 Å². The maximum atomic E-state index is 12.6. The predicted octanol–water partition coefficient (Wildman–Crippen LogP) is 3.57. The summed E-state index contributed by atoms with van der Waals surface area (Å²) in [6.45, 7) is 0.588. The Morgan fingerprint density at radius 2 is 1.90 bits per heavy atom. The normalized spacial score (nSPS) is 15.6. The minimum atomic E-state index is 0.0297. The molecular formula is C16H19ClN2O. The minimum absolute atomic E-state index is 0.0297. The van der Waals surface area contributed by atoms with Crippen LogP contribution in [0.5, 0.6) is 0 Å². The van der Waals surface area contributed by atoms with E-state index >= 15 is 0 Å². The van der Waals surface area contributed by atoms with Crippen LogP contribution >= 0.6 is 11.6 Å². The first-order chi connectivity index (χ1) is 9.76. The van der Waals surface area contributed by atoms with Gasteiger partial charge >= 0.3 is 0 Å². The highest BCUT2D eigenvalue weighted by Gasteiger charge is 2.25. The van der Waals surface area contributed by atoms with Gasteiger partial charge in [0.15, 0.2) is 0 Å². The van der Waals surface area contributed by atoms with E-state index in [2.05, 4.69) is 6.07 Å². The van der Waals surface area contributed by atoms with Gasteiger partial charge in [-0.3, -0.25) is 4.79 Å². The second-order valence-electron chi connectivity index (χ2n) is 5.17. The van der Waals surface area contributed by atoms with Gasteiger partial charge in [0.05, 0.1) is 11.6 Å². The summed E-state index contributed by atoms with van der Waals surface area (Å²) in [5, 5.41) is 8.80. The van der Waals surface area contributed by atoms with Crippen LogP contribution in [0.4, 0.5) is 0 Å². The number of amides is 1. The summed E-state index contributed by atoms with van der Waals surface area (Å²) in [7, 11) is 0. The number of alkyl halides is 1. The predicted molar refractivity (Wildman–Crippen MR) is 79.8 cm³/mol. The largest absolute Gasteiger partial charge is 0.334 e. The van der Waals surface area contributed by atoms with Crippen molar-refractivity contribution in [2.45, 2.75) is 38.1 Å². The molecule has 1 saturated carbocycles. The van der Waals surface area contributed by atoms with Gasteiger partial charge in [-0.2, -0.15) is 5.26 Å². The maximum absolute atomic E-state index is 12.6. The van der Waals surface area contributed by atoms with Gasteiger partial charge in [-0.15, -0.1) is 11.6 Å². The molecule has 0 heterocycles. The topological polar surface area (TPSA) is 44.1 Å². The molecule has 0 radical (unpaired) electrons. The molecule has 2 rings (SSSR count). The maximum Gasteiger partial charge on any atom is 0.254 e. The molecule has 0 aliphatic heterocycles. The fraction of sp³-hybridized carbons (Fsp3) is 0.500. The van der Waals surface area contributed by atoms with Gasteiger partial charge in [0.1, 0.15) is 0 Å². The highest BCUT2D eigenvalue weighted by Crippen LogP contribution is 2.24. The number of nitriles is 1. The Balaban J connectivity index is 2.14. The van der Waals surface area contributed by atoms with Crippen LogP contribution < -0.4 is 0 Å². The molecule has 106 valence electrons. The molecule has 0 bridgehead atoms. The molecule has 0 aromatic heterocycles. The molecule has 0 saturated heterocycles. The van der Waals surface area contributed by atoms with Gasteiger partial charge in [-0.1, -0.05) is 19.3 Å². The first-order valence-electron chi connectivity index (χ1n) is 7.13. The minimum Gasteiger partial charge on any atom is -0.334 e. The zero-order chi connectivity index (χ0) is 14.4. The molecular weight excluding hydrogens is 272 g/mol. The molecule has 0 spiro atoms. The lowest BCUT2D eigenvalue weighted by Gasteiger charge is -2.34. The molecule has 1 aliphatic rings. The van der Waals surface area contributed by atoms with E-state index in [0.29, 0.717) is 29.6 Å². The Morgan fingerprint density at radius 3 is 2.45 bits per heavy atom. The van der Waals surface area contributed by atoms with Crippen LogP contribution in [0.25, 0.3) is 0 Å². The van der Waals surface area contributed by atoms with E-state index in [4.69, 9.17) is 16.9 Å². The molecule has 0 unspecified atom stereocenters. The lowest BCUT2D eigenvalue weighted by Crippen LogP contribution is -2.42. The van der Waals surface area contributed by atoms with E-state index in [1.165, 1.54) is 19.3 Å². The van der Waals surface area contributed by atoms with Gasteiger partial charge in [0.25, 0.3) is 5.91 Å². The number of hydrogen-bond acceptors (Lipinski definition) is 2. The van der Waals surface area contributed by atoms with Crippen molar-refractivity contribution in [2.24, 2.45) is 0 Å². The highest BCUT2D eigenvalue weighted by molar-refractivity contribution is 6.18. The zero-order valence-electron chi connectivity index (χ0n) is 11.5. The number of halogens is 1. The van der Waals surface area contributed by atoms with E-state index in [1.807, 2.05) is 4.90 Å². The average Bonchev–Trinajstić information content (AvgIpc) is 2.53. The Labute approximate surface area is 125 Å². The van der Waals surface area contributed by atoms with E-state index in [9.17, 15) is 4.79 Å². The van der Waals surface area contributed by atoms with Crippen molar-refractivity contribution in [3.05, 3.63) is 35.4 Å². The van der Waals surface area contributed by atoms with Crippen molar-refractivity contribution in [1.29, 1.82) is 5.26 Å². The number of benzene rings is 1. The molecule has 1 amide bonds. The number of carbonyl (C=O) groups excluding carboxylic acids is 1. The first-order valence-corrected chi connectivity index (χ1v) is 7.67. The Hall–Kier alpha value is -1.53. The van der Waals surface area contributed by atoms with Crippen molar-refractivity contribution >= 4 is 17.5 Å². The van der Waals surface area contributed by atoms with Gasteiger partial charge in [-0.25, -0.2) is 0 Å². The molecule has 1 fully saturated rings. The van der Waals surface area contributed by atoms with E-state index in [-0.39, 0.29) is 5.91 Å². The molecule has 3 nitrogen and oxygen atoms in total. The second-order valence-corrected chi connectivity index (χ2v) is 5.55. The quantitative estimate of drug-likeness (QED) is 0.796. The Morgan fingerprint density at radius 1 is 1.25 bits per heavy atom. The standard InChI is InChI=1S/C16H19ClN2O/c17-10-11-19(15-4-2-1-3-5-15)16(20)14-8-6-13(12-18)7-9-14/h6-9,15H,1-5,10-11H2. The summed E-state index contributed by atoms with van der Waals surface area (Å²) < 4.78 is 0. The van der Waals surface area contributed by atoms with E-state index in [1.54, 1.807) is 24.3 Å². The van der Waals surface area contributed by atoms with Gasteiger partial charge in [-0.05, 0) is 37.1 Å². The fourth-order valence-corrected chi connectivity index (χ4v) is 2.97. The first kappa shape index (κ1) is 14.9. The summed E-state index contributed by atoms with van der Waals surface area (Å²) in [5.74, 6) is 0.487. The van der Waals surface area contributed by atoms with Crippen LogP contribution in [0.15, 0.2) is 24.3 Å². The summed E-state index contributed by atoms with van der Waals surface area (Å²) in [6, 6.07) is 9.20. The average molecular weight is 291 g/mol. The number of nitrogens with zero attached hydrogens (tertiary/aromatic N) is 2. The summed E-state index contributed by atoms with van der Waals surface area (Å²) in [4.78, 5) is 14.5. The highest BCUT2D eigenvalue weighted by atomic mass is 35.5. The summed E-state index contributed by atoms with van der Waals surface area (Å²) in [6.07, 6.45) is 5.77. The molecule has 0 N–H and O–H groups in total. The number of rotatable bonds is 4. The smallest absolute Gasteiger partial charge is 0.254 e. The van der Waals surface area contributed by atoms with Crippen LogP contribution in [0.2, 0.25) is 0 Å². The SMILES string of the molecule is N#Cc1ccc(C(=O)N(CCCl)C2CCCCC2)cc1. The van der Waals surface area contributed by atoms with Crippen LogP contribution in [-0.2, 0) is 0 Å². The van der Waals surface area contributed by atoms with Gasteiger partial charge in [0, 0.05) is 24.0 Å². The van der Waals surface area contributed by atoms with Gasteiger partial charge < -0.3 is 4.90 Å². The van der Waals surface area contributed by atoms with Crippen molar-refractivity contribution in [3.63, 3.8) is 0 Å². The van der Waals surface area contributed by atoms with E-state index in [0.717, 1.165) is 12.8 Å². The third kappa shape index (κ3) is 3.52. The lowest BCUT2D eigenvalue weighted by atomic mass is 9.93. The molecule has 20 heavy (non-hydrogen) atoms. The number of hydrogen-bond donors (Lipinski definition) is 0. The van der Waals surface area contributed by atoms with Gasteiger partial charge in [0.2, 0.25) is 0 Å². The monoisotopic (exact) mass is 290 g/mol. The molecule has 0 atom stereocenters. The molecule has 4 heteroatoms. The second kappa shape index (κ2) is 7.31. The fourth-order valence-electron chi connectivity index (χ4n) is 2.79. The van der Waals surface area contributed by atoms with E-state index < -0.39 is 0 Å². The third-order valence-electron chi connectivity index (χ3n) is 3.86. The van der Waals surface area contributed by atoms with Crippen molar-refractivity contribution in [1.82, 2.24) is 4.90 Å². The number of carbonyl (C=O) groups is 1. The Bertz CT molecular complexity index is 486. The zero-order valence-corrected chi connectivity index (χ0v) is 12.3. The van der Waals surface area contributed by atoms with Crippen molar-refractivity contribution in [3.8, 4) is 6.07 Å². The summed E-state index contributed by atoms with van der Waals surface area (Å²) in [5.41, 5.74) is 1.21. The summed E-state index contributed by atoms with van der Waals surface area (Å²) >= 11 is 5.86. The van der Waals surface area contributed by atoms with Crippen molar-refractivity contribution < 1.29 is 4.79 Å².